The summed E-state index contributed by atoms with van der Waals surface area (Å²) >= 11 is 0. The molecule has 0 unspecified atom stereocenters. The fourth-order valence-electron chi connectivity index (χ4n) is 2.39. The zero-order valence-electron chi connectivity index (χ0n) is 17.6. The summed E-state index contributed by atoms with van der Waals surface area (Å²) in [4.78, 5) is 6.93. The number of rotatable bonds is 14. The number of aryl methyl sites for hydroxylation is 1. The number of hydrogen-bond donors (Lipinski definition) is 2. The molecular formula is C18H37N7O2. The van der Waals surface area contributed by atoms with Crippen LogP contribution in [0, 0.1) is 6.92 Å². The van der Waals surface area contributed by atoms with E-state index < -0.39 is 0 Å². The molecule has 0 fully saturated rings. The Morgan fingerprint density at radius 3 is 2.59 bits per heavy atom. The highest BCUT2D eigenvalue weighted by Gasteiger charge is 2.05. The van der Waals surface area contributed by atoms with Crippen LogP contribution in [0.15, 0.2) is 4.99 Å². The van der Waals surface area contributed by atoms with Crippen LogP contribution in [0.4, 0.5) is 0 Å². The average Bonchev–Trinajstić information content (AvgIpc) is 2.97. The molecule has 0 aliphatic carbocycles. The van der Waals surface area contributed by atoms with Crippen molar-refractivity contribution in [2.24, 2.45) is 12.0 Å². The van der Waals surface area contributed by atoms with E-state index in [0.29, 0.717) is 6.54 Å². The summed E-state index contributed by atoms with van der Waals surface area (Å²) in [6.45, 7) is 10.3. The molecule has 1 aromatic heterocycles. The summed E-state index contributed by atoms with van der Waals surface area (Å²) < 4.78 is 12.4. The predicted octanol–water partition coefficient (Wildman–Crippen LogP) is 0.554. The molecule has 9 heteroatoms. The van der Waals surface area contributed by atoms with E-state index in [0.717, 1.165) is 76.4 Å². The maximum Gasteiger partial charge on any atom is 0.191 e. The fourth-order valence-corrected chi connectivity index (χ4v) is 2.39. The molecule has 1 rings (SSSR count). The third-order valence-electron chi connectivity index (χ3n) is 4.20. The zero-order chi connectivity index (χ0) is 19.9. The van der Waals surface area contributed by atoms with Gasteiger partial charge in [0.05, 0.1) is 0 Å². The second-order valence-electron chi connectivity index (χ2n) is 6.44. The second-order valence-corrected chi connectivity index (χ2v) is 6.44. The van der Waals surface area contributed by atoms with E-state index in [1.165, 1.54) is 0 Å². The first-order valence-electron chi connectivity index (χ1n) is 9.70. The van der Waals surface area contributed by atoms with Crippen molar-refractivity contribution in [3.8, 4) is 0 Å². The summed E-state index contributed by atoms with van der Waals surface area (Å²) in [5.41, 5.74) is 0. The van der Waals surface area contributed by atoms with Crippen molar-refractivity contribution < 1.29 is 9.47 Å². The molecule has 0 atom stereocenters. The molecule has 0 amide bonds. The van der Waals surface area contributed by atoms with Crippen molar-refractivity contribution in [1.29, 1.82) is 0 Å². The van der Waals surface area contributed by atoms with E-state index >= 15 is 0 Å². The quantitative estimate of drug-likeness (QED) is 0.276. The van der Waals surface area contributed by atoms with Crippen LogP contribution in [-0.2, 0) is 23.1 Å². The number of nitrogens with zero attached hydrogens (tertiary/aromatic N) is 5. The minimum atomic E-state index is 0.488. The maximum atomic E-state index is 5.38. The van der Waals surface area contributed by atoms with E-state index in [-0.39, 0.29) is 0 Å². The van der Waals surface area contributed by atoms with Gasteiger partial charge in [-0.3, -0.25) is 0 Å². The average molecular weight is 384 g/mol. The molecule has 9 nitrogen and oxygen atoms in total. The number of ether oxygens (including phenoxy) is 2. The largest absolute Gasteiger partial charge is 0.385 e. The summed E-state index contributed by atoms with van der Waals surface area (Å²) in [6.07, 6.45) is 1.98. The van der Waals surface area contributed by atoms with Crippen molar-refractivity contribution >= 4 is 5.96 Å². The Hall–Kier alpha value is -1.71. The normalized spacial score (nSPS) is 12.0. The third-order valence-corrected chi connectivity index (χ3v) is 4.20. The minimum absolute atomic E-state index is 0.488. The molecule has 0 aliphatic rings. The first-order valence-corrected chi connectivity index (χ1v) is 9.70. The van der Waals surface area contributed by atoms with Gasteiger partial charge in [-0.15, -0.1) is 10.2 Å². The molecule has 0 saturated carbocycles. The smallest absolute Gasteiger partial charge is 0.191 e. The van der Waals surface area contributed by atoms with Gasteiger partial charge in [0, 0.05) is 60.2 Å². The van der Waals surface area contributed by atoms with E-state index in [1.807, 2.05) is 25.5 Å². The Kier molecular flexibility index (Phi) is 12.4. The van der Waals surface area contributed by atoms with E-state index in [1.54, 1.807) is 7.11 Å². The van der Waals surface area contributed by atoms with Crippen molar-refractivity contribution in [3.05, 3.63) is 11.6 Å². The molecule has 2 N–H and O–H groups in total. The fraction of sp³-hybridized carbons (Fsp3) is 0.833. The first-order chi connectivity index (χ1) is 13.1. The molecule has 0 aliphatic heterocycles. The van der Waals surface area contributed by atoms with Crippen LogP contribution in [0.2, 0.25) is 0 Å². The highest BCUT2D eigenvalue weighted by molar-refractivity contribution is 5.79. The van der Waals surface area contributed by atoms with Crippen LogP contribution in [-0.4, -0.2) is 85.8 Å². The summed E-state index contributed by atoms with van der Waals surface area (Å²) in [6, 6.07) is 0. The van der Waals surface area contributed by atoms with Gasteiger partial charge < -0.3 is 29.6 Å². The number of likely N-dealkylation sites (N-methyl/N-ethyl adjacent to an activating group) is 1. The molecule has 0 saturated heterocycles. The van der Waals surface area contributed by atoms with Gasteiger partial charge in [-0.1, -0.05) is 0 Å². The molecule has 0 radical (unpaired) electrons. The summed E-state index contributed by atoms with van der Waals surface area (Å²) in [5.74, 6) is 2.52. The number of aromatic nitrogens is 3. The Morgan fingerprint density at radius 2 is 1.93 bits per heavy atom. The highest BCUT2D eigenvalue weighted by Crippen LogP contribution is 1.99. The molecule has 0 spiro atoms. The zero-order valence-corrected chi connectivity index (χ0v) is 17.6. The Labute approximate surface area is 163 Å². The lowest BCUT2D eigenvalue weighted by Crippen LogP contribution is -2.41. The molecule has 1 heterocycles. The lowest BCUT2D eigenvalue weighted by molar-refractivity contribution is 0.145. The lowest BCUT2D eigenvalue weighted by atomic mass is 10.4. The van der Waals surface area contributed by atoms with Gasteiger partial charge in [-0.25, -0.2) is 4.99 Å². The molecule has 1 aromatic rings. The highest BCUT2D eigenvalue weighted by atomic mass is 16.5. The molecule has 156 valence electrons. The number of guanidine groups is 1. The number of nitrogens with one attached hydrogen (secondary N) is 2. The number of aliphatic imine (C=N–C) groups is 1. The van der Waals surface area contributed by atoms with Crippen molar-refractivity contribution in [2.75, 3.05) is 60.2 Å². The van der Waals surface area contributed by atoms with Crippen LogP contribution in [0.3, 0.4) is 0 Å². The molecule has 27 heavy (non-hydrogen) atoms. The van der Waals surface area contributed by atoms with E-state index in [2.05, 4.69) is 37.8 Å². The van der Waals surface area contributed by atoms with Gasteiger partial charge in [0.15, 0.2) is 11.8 Å². The lowest BCUT2D eigenvalue weighted by Gasteiger charge is -2.18. The van der Waals surface area contributed by atoms with Crippen LogP contribution in [0.25, 0.3) is 0 Å². The van der Waals surface area contributed by atoms with Crippen LogP contribution in [0.5, 0.6) is 0 Å². The van der Waals surface area contributed by atoms with Crippen LogP contribution < -0.4 is 10.6 Å². The van der Waals surface area contributed by atoms with E-state index in [9.17, 15) is 0 Å². The SMILES string of the molecule is CCOCCCNC(=NCc1nnc(C)n1C)NCCN(C)CCCOC. The van der Waals surface area contributed by atoms with Gasteiger partial charge in [-0.2, -0.15) is 0 Å². The van der Waals surface area contributed by atoms with Gasteiger partial charge in [-0.05, 0) is 33.7 Å². The second kappa shape index (κ2) is 14.4. The summed E-state index contributed by atoms with van der Waals surface area (Å²) in [7, 11) is 5.81. The standard InChI is InChI=1S/C18H37N7O2/c1-6-27-14-7-9-19-18(20-10-12-24(3)11-8-13-26-5)21-15-17-23-22-16(2)25(17)4/h6-15H2,1-5H3,(H2,19,20,21). The Morgan fingerprint density at radius 1 is 1.15 bits per heavy atom. The van der Waals surface area contributed by atoms with Crippen LogP contribution >= 0.6 is 0 Å². The summed E-state index contributed by atoms with van der Waals surface area (Å²) in [5, 5.41) is 15.0. The van der Waals surface area contributed by atoms with Crippen molar-refractivity contribution in [1.82, 2.24) is 30.3 Å². The monoisotopic (exact) mass is 383 g/mol. The maximum absolute atomic E-state index is 5.38. The Balaban J connectivity index is 2.46. The molecule has 0 bridgehead atoms. The predicted molar refractivity (Wildman–Crippen MR) is 108 cm³/mol. The minimum Gasteiger partial charge on any atom is -0.385 e. The number of methoxy groups -OCH3 is 1. The van der Waals surface area contributed by atoms with Gasteiger partial charge >= 0.3 is 0 Å². The van der Waals surface area contributed by atoms with Gasteiger partial charge in [0.25, 0.3) is 0 Å². The third kappa shape index (κ3) is 10.3. The van der Waals surface area contributed by atoms with Gasteiger partial charge in [0.1, 0.15) is 12.4 Å². The number of hydrogen-bond acceptors (Lipinski definition) is 6. The molecular weight excluding hydrogens is 346 g/mol. The van der Waals surface area contributed by atoms with E-state index in [4.69, 9.17) is 9.47 Å². The van der Waals surface area contributed by atoms with Crippen molar-refractivity contribution in [2.45, 2.75) is 33.2 Å². The van der Waals surface area contributed by atoms with Crippen LogP contribution in [0.1, 0.15) is 31.4 Å². The van der Waals surface area contributed by atoms with Gasteiger partial charge in [0.2, 0.25) is 0 Å². The van der Waals surface area contributed by atoms with Crippen molar-refractivity contribution in [3.63, 3.8) is 0 Å². The molecule has 0 aromatic carbocycles. The Bertz CT molecular complexity index is 534. The first kappa shape index (κ1) is 23.3. The topological polar surface area (TPSA) is 88.8 Å².